The van der Waals surface area contributed by atoms with Gasteiger partial charge in [-0.3, -0.25) is 0 Å². The molecule has 1 unspecified atom stereocenters. The molecule has 2 rings (SSSR count). The second kappa shape index (κ2) is 4.83. The molecule has 0 aliphatic heterocycles. The zero-order valence-corrected chi connectivity index (χ0v) is 9.58. The normalized spacial score (nSPS) is 17.2. The lowest BCUT2D eigenvalue weighted by Crippen LogP contribution is -2.07. The van der Waals surface area contributed by atoms with E-state index in [4.69, 9.17) is 10.5 Å². The summed E-state index contributed by atoms with van der Waals surface area (Å²) in [7, 11) is 0. The summed E-state index contributed by atoms with van der Waals surface area (Å²) >= 11 is 0. The highest BCUT2D eigenvalue weighted by atomic mass is 19.1. The minimum atomic E-state index is -0.206. The average Bonchev–Trinajstić information content (AvgIpc) is 3.05. The number of ether oxygens (including phenoxy) is 1. The Hall–Kier alpha value is -1.09. The van der Waals surface area contributed by atoms with E-state index in [2.05, 4.69) is 6.92 Å². The maximum atomic E-state index is 13.2. The van der Waals surface area contributed by atoms with Gasteiger partial charge >= 0.3 is 0 Å². The first-order chi connectivity index (χ1) is 7.70. The predicted molar refractivity (Wildman–Crippen MR) is 62.1 cm³/mol. The zero-order chi connectivity index (χ0) is 11.5. The van der Waals surface area contributed by atoms with Crippen LogP contribution in [0.3, 0.4) is 0 Å². The molecule has 0 bridgehead atoms. The predicted octanol–water partition coefficient (Wildman–Crippen LogP) is 2.82. The SMILES string of the molecule is CC(CCN)c1cc(F)ccc1OC1CC1. The van der Waals surface area contributed by atoms with Crippen LogP contribution in [-0.2, 0) is 0 Å². The number of rotatable bonds is 5. The van der Waals surface area contributed by atoms with Crippen LogP contribution in [0.5, 0.6) is 5.75 Å². The van der Waals surface area contributed by atoms with Crippen molar-refractivity contribution < 1.29 is 9.13 Å². The Kier molecular flexibility index (Phi) is 3.44. The minimum Gasteiger partial charge on any atom is -0.490 e. The highest BCUT2D eigenvalue weighted by molar-refractivity contribution is 5.37. The van der Waals surface area contributed by atoms with E-state index in [1.54, 1.807) is 12.1 Å². The zero-order valence-electron chi connectivity index (χ0n) is 9.58. The van der Waals surface area contributed by atoms with Crippen LogP contribution in [-0.4, -0.2) is 12.6 Å². The van der Waals surface area contributed by atoms with E-state index < -0.39 is 0 Å². The molecule has 0 aromatic heterocycles. The van der Waals surface area contributed by atoms with Gasteiger partial charge in [0.25, 0.3) is 0 Å². The first-order valence-electron chi connectivity index (χ1n) is 5.87. The highest BCUT2D eigenvalue weighted by Crippen LogP contribution is 2.34. The Morgan fingerprint density at radius 2 is 2.25 bits per heavy atom. The maximum Gasteiger partial charge on any atom is 0.123 e. The molecule has 0 heterocycles. The van der Waals surface area contributed by atoms with Crippen molar-refractivity contribution in [3.05, 3.63) is 29.6 Å². The van der Waals surface area contributed by atoms with Gasteiger partial charge in [-0.25, -0.2) is 4.39 Å². The van der Waals surface area contributed by atoms with Gasteiger partial charge in [-0.2, -0.15) is 0 Å². The van der Waals surface area contributed by atoms with E-state index in [9.17, 15) is 4.39 Å². The molecule has 16 heavy (non-hydrogen) atoms. The Bertz CT molecular complexity index is 363. The van der Waals surface area contributed by atoms with E-state index in [1.807, 2.05) is 0 Å². The van der Waals surface area contributed by atoms with Crippen molar-refractivity contribution in [3.63, 3.8) is 0 Å². The number of hydrogen-bond donors (Lipinski definition) is 1. The lowest BCUT2D eigenvalue weighted by molar-refractivity contribution is 0.297. The summed E-state index contributed by atoms with van der Waals surface area (Å²) in [5, 5.41) is 0. The smallest absolute Gasteiger partial charge is 0.123 e. The largest absolute Gasteiger partial charge is 0.490 e. The number of benzene rings is 1. The fourth-order valence-corrected chi connectivity index (χ4v) is 1.78. The van der Waals surface area contributed by atoms with Crippen LogP contribution >= 0.6 is 0 Å². The summed E-state index contributed by atoms with van der Waals surface area (Å²) in [5.74, 6) is 0.862. The average molecular weight is 223 g/mol. The van der Waals surface area contributed by atoms with Gasteiger partial charge in [0, 0.05) is 0 Å². The third kappa shape index (κ3) is 2.73. The molecule has 1 aliphatic carbocycles. The molecule has 1 saturated carbocycles. The van der Waals surface area contributed by atoms with Crippen LogP contribution in [0.2, 0.25) is 0 Å². The summed E-state index contributed by atoms with van der Waals surface area (Å²) in [4.78, 5) is 0. The van der Waals surface area contributed by atoms with E-state index in [1.165, 1.54) is 6.07 Å². The van der Waals surface area contributed by atoms with Gasteiger partial charge in [0.05, 0.1) is 6.10 Å². The van der Waals surface area contributed by atoms with E-state index >= 15 is 0 Å². The molecule has 1 fully saturated rings. The summed E-state index contributed by atoms with van der Waals surface area (Å²) in [5.41, 5.74) is 6.48. The summed E-state index contributed by atoms with van der Waals surface area (Å²) in [6.07, 6.45) is 3.42. The van der Waals surface area contributed by atoms with Gasteiger partial charge in [-0.1, -0.05) is 6.92 Å². The molecule has 88 valence electrons. The Labute approximate surface area is 95.6 Å². The standard InChI is InChI=1S/C13H18FNO/c1-9(6-7-15)12-8-10(14)2-5-13(12)16-11-3-4-11/h2,5,8-9,11H,3-4,6-7,15H2,1H3. The van der Waals surface area contributed by atoms with Crippen molar-refractivity contribution in [1.82, 2.24) is 0 Å². The van der Waals surface area contributed by atoms with E-state index in [0.717, 1.165) is 30.6 Å². The molecule has 1 aromatic rings. The van der Waals surface area contributed by atoms with Crippen molar-refractivity contribution >= 4 is 0 Å². The molecule has 2 N–H and O–H groups in total. The maximum absolute atomic E-state index is 13.2. The Morgan fingerprint density at radius 3 is 2.88 bits per heavy atom. The van der Waals surface area contributed by atoms with Gasteiger partial charge in [0.15, 0.2) is 0 Å². The fourth-order valence-electron chi connectivity index (χ4n) is 1.78. The summed E-state index contributed by atoms with van der Waals surface area (Å²) in [6, 6.07) is 4.75. The second-order valence-electron chi connectivity index (χ2n) is 4.48. The van der Waals surface area contributed by atoms with Crippen LogP contribution in [0, 0.1) is 5.82 Å². The fraction of sp³-hybridized carbons (Fsp3) is 0.538. The first-order valence-corrected chi connectivity index (χ1v) is 5.87. The van der Waals surface area contributed by atoms with Gasteiger partial charge < -0.3 is 10.5 Å². The van der Waals surface area contributed by atoms with Crippen LogP contribution in [0.4, 0.5) is 4.39 Å². The van der Waals surface area contributed by atoms with Crippen molar-refractivity contribution in [1.29, 1.82) is 0 Å². The van der Waals surface area contributed by atoms with Crippen LogP contribution < -0.4 is 10.5 Å². The molecule has 1 atom stereocenters. The Balaban J connectivity index is 2.19. The van der Waals surface area contributed by atoms with E-state index in [0.29, 0.717) is 12.6 Å². The first kappa shape index (κ1) is 11.4. The van der Waals surface area contributed by atoms with Gasteiger partial charge in [0.1, 0.15) is 11.6 Å². The monoisotopic (exact) mass is 223 g/mol. The molecular weight excluding hydrogens is 205 g/mol. The lowest BCUT2D eigenvalue weighted by Gasteiger charge is -2.16. The van der Waals surface area contributed by atoms with Crippen LogP contribution in [0.1, 0.15) is 37.7 Å². The molecular formula is C13H18FNO. The van der Waals surface area contributed by atoms with Crippen LogP contribution in [0.25, 0.3) is 0 Å². The number of hydrogen-bond acceptors (Lipinski definition) is 2. The van der Waals surface area contributed by atoms with E-state index in [-0.39, 0.29) is 11.7 Å². The van der Waals surface area contributed by atoms with Crippen molar-refractivity contribution in [3.8, 4) is 5.75 Å². The minimum absolute atomic E-state index is 0.206. The quantitative estimate of drug-likeness (QED) is 0.833. The summed E-state index contributed by atoms with van der Waals surface area (Å²) < 4.78 is 19.0. The molecule has 0 saturated heterocycles. The second-order valence-corrected chi connectivity index (χ2v) is 4.48. The highest BCUT2D eigenvalue weighted by Gasteiger charge is 2.25. The van der Waals surface area contributed by atoms with Crippen molar-refractivity contribution in [2.45, 2.75) is 38.2 Å². The summed E-state index contributed by atoms with van der Waals surface area (Å²) in [6.45, 7) is 2.67. The molecule has 0 amide bonds. The lowest BCUT2D eigenvalue weighted by atomic mass is 9.97. The molecule has 1 aliphatic rings. The molecule has 0 radical (unpaired) electrons. The van der Waals surface area contributed by atoms with Crippen molar-refractivity contribution in [2.75, 3.05) is 6.54 Å². The number of nitrogens with two attached hydrogens (primary N) is 1. The van der Waals surface area contributed by atoms with Crippen LogP contribution in [0.15, 0.2) is 18.2 Å². The van der Waals surface area contributed by atoms with Gasteiger partial charge in [-0.15, -0.1) is 0 Å². The molecule has 3 heteroatoms. The third-order valence-corrected chi connectivity index (χ3v) is 2.92. The number of halogens is 1. The molecule has 0 spiro atoms. The molecule has 2 nitrogen and oxygen atoms in total. The molecule has 1 aromatic carbocycles. The van der Waals surface area contributed by atoms with Gasteiger partial charge in [-0.05, 0) is 55.5 Å². The topological polar surface area (TPSA) is 35.2 Å². The third-order valence-electron chi connectivity index (χ3n) is 2.92. The Morgan fingerprint density at radius 1 is 1.50 bits per heavy atom. The van der Waals surface area contributed by atoms with Crippen molar-refractivity contribution in [2.24, 2.45) is 5.73 Å². The van der Waals surface area contributed by atoms with Gasteiger partial charge in [0.2, 0.25) is 0 Å².